The van der Waals surface area contributed by atoms with E-state index in [0.717, 1.165) is 23.5 Å². The Balaban J connectivity index is 1.45. The quantitative estimate of drug-likeness (QED) is 0.355. The molecule has 2 aliphatic rings. The Labute approximate surface area is 183 Å². The van der Waals surface area contributed by atoms with Gasteiger partial charge in [0.1, 0.15) is 12.4 Å². The molecule has 0 radical (unpaired) electrons. The Kier molecular flexibility index (Phi) is 8.53. The van der Waals surface area contributed by atoms with Gasteiger partial charge in [-0.2, -0.15) is 12.6 Å². The van der Waals surface area contributed by atoms with E-state index in [1.807, 2.05) is 6.08 Å². The standard InChI is InChI=1S/C27H38OS/c1-4-20(2)19-21(3)17-18-28-26-13-9-24(10-14-26)22-5-7-23(8-6-22)25-11-15-27(29)16-12-25/h4,9-10,13-14,17,19,22-23,25,27,29H,1,5-8,11-12,15-16,18H2,2-3H3/b20-19-,21-17-. The molecule has 0 aliphatic heterocycles. The molecule has 3 rings (SSSR count). The topological polar surface area (TPSA) is 9.23 Å². The smallest absolute Gasteiger partial charge is 0.119 e. The predicted octanol–water partition coefficient (Wildman–Crippen LogP) is 7.91. The third kappa shape index (κ3) is 6.81. The van der Waals surface area contributed by atoms with Crippen LogP contribution in [0.4, 0.5) is 0 Å². The van der Waals surface area contributed by atoms with Gasteiger partial charge in [0.15, 0.2) is 0 Å². The Bertz CT molecular complexity index is 699. The summed E-state index contributed by atoms with van der Waals surface area (Å²) in [6, 6.07) is 8.85. The fourth-order valence-corrected chi connectivity index (χ4v) is 5.38. The van der Waals surface area contributed by atoms with Crippen LogP contribution in [0.3, 0.4) is 0 Å². The van der Waals surface area contributed by atoms with Gasteiger partial charge in [0.05, 0.1) is 0 Å². The molecule has 0 amide bonds. The first-order valence-corrected chi connectivity index (χ1v) is 11.9. The van der Waals surface area contributed by atoms with Crippen LogP contribution in [-0.2, 0) is 0 Å². The second-order valence-corrected chi connectivity index (χ2v) is 9.83. The monoisotopic (exact) mass is 410 g/mol. The fraction of sp³-hybridized carbons (Fsp3) is 0.556. The first-order chi connectivity index (χ1) is 14.0. The minimum Gasteiger partial charge on any atom is -0.490 e. The lowest BCUT2D eigenvalue weighted by Crippen LogP contribution is -2.25. The van der Waals surface area contributed by atoms with Gasteiger partial charge < -0.3 is 4.74 Å². The van der Waals surface area contributed by atoms with Crippen molar-refractivity contribution in [3.8, 4) is 5.75 Å². The maximum Gasteiger partial charge on any atom is 0.119 e. The fourth-order valence-electron chi connectivity index (χ4n) is 5.08. The molecule has 2 fully saturated rings. The summed E-state index contributed by atoms with van der Waals surface area (Å²) in [5.41, 5.74) is 3.87. The SMILES string of the molecule is C=C/C(C)=C\C(C)=C/COc1ccc(C2CCC(C3CCC(S)CC3)CC2)cc1. The van der Waals surface area contributed by atoms with Crippen LogP contribution < -0.4 is 4.74 Å². The lowest BCUT2D eigenvalue weighted by molar-refractivity contribution is 0.188. The van der Waals surface area contributed by atoms with E-state index < -0.39 is 0 Å². The maximum atomic E-state index is 5.90. The average molecular weight is 411 g/mol. The first-order valence-electron chi connectivity index (χ1n) is 11.4. The summed E-state index contributed by atoms with van der Waals surface area (Å²) in [5.74, 6) is 3.62. The van der Waals surface area contributed by atoms with E-state index in [1.54, 1.807) is 0 Å². The Morgan fingerprint density at radius 1 is 0.931 bits per heavy atom. The Morgan fingerprint density at radius 2 is 1.52 bits per heavy atom. The summed E-state index contributed by atoms with van der Waals surface area (Å²) in [5, 5.41) is 0.662. The lowest BCUT2D eigenvalue weighted by atomic mass is 9.70. The summed E-state index contributed by atoms with van der Waals surface area (Å²) in [6.45, 7) is 8.55. The minimum absolute atomic E-state index is 0.603. The molecule has 1 aromatic carbocycles. The van der Waals surface area contributed by atoms with Gasteiger partial charge in [0.2, 0.25) is 0 Å². The molecule has 2 heteroatoms. The van der Waals surface area contributed by atoms with Gasteiger partial charge in [-0.25, -0.2) is 0 Å². The predicted molar refractivity (Wildman–Crippen MR) is 129 cm³/mol. The van der Waals surface area contributed by atoms with Crippen molar-refractivity contribution in [2.75, 3.05) is 6.61 Å². The molecule has 0 N–H and O–H groups in total. The van der Waals surface area contributed by atoms with E-state index in [1.165, 1.54) is 68.1 Å². The molecule has 1 nitrogen and oxygen atoms in total. The molecule has 0 bridgehead atoms. The molecule has 0 aromatic heterocycles. The van der Waals surface area contributed by atoms with Crippen LogP contribution >= 0.6 is 12.6 Å². The molecule has 0 unspecified atom stereocenters. The number of hydrogen-bond donors (Lipinski definition) is 1. The third-order valence-electron chi connectivity index (χ3n) is 6.96. The van der Waals surface area contributed by atoms with Crippen LogP contribution in [0, 0.1) is 11.8 Å². The zero-order valence-corrected chi connectivity index (χ0v) is 19.2. The first kappa shape index (κ1) is 22.3. The van der Waals surface area contributed by atoms with E-state index in [4.69, 9.17) is 4.74 Å². The van der Waals surface area contributed by atoms with Crippen molar-refractivity contribution in [3.05, 3.63) is 65.8 Å². The summed E-state index contributed by atoms with van der Waals surface area (Å²) < 4.78 is 5.90. The molecule has 0 atom stereocenters. The van der Waals surface area contributed by atoms with Gasteiger partial charge in [-0.05, 0) is 107 Å². The molecule has 2 aliphatic carbocycles. The van der Waals surface area contributed by atoms with E-state index in [0.29, 0.717) is 11.9 Å². The summed E-state index contributed by atoms with van der Waals surface area (Å²) in [6.07, 6.45) is 17.1. The van der Waals surface area contributed by atoms with E-state index in [-0.39, 0.29) is 0 Å². The van der Waals surface area contributed by atoms with Crippen molar-refractivity contribution in [2.24, 2.45) is 11.8 Å². The molecular weight excluding hydrogens is 372 g/mol. The molecule has 2 saturated carbocycles. The number of benzene rings is 1. The average Bonchev–Trinajstić information content (AvgIpc) is 2.75. The highest BCUT2D eigenvalue weighted by molar-refractivity contribution is 7.80. The van der Waals surface area contributed by atoms with Crippen LogP contribution in [-0.4, -0.2) is 11.9 Å². The van der Waals surface area contributed by atoms with Crippen LogP contribution in [0.5, 0.6) is 5.75 Å². The molecule has 1 aromatic rings. The zero-order valence-electron chi connectivity index (χ0n) is 18.3. The highest BCUT2D eigenvalue weighted by Crippen LogP contribution is 2.43. The summed E-state index contributed by atoms with van der Waals surface area (Å²) in [4.78, 5) is 0. The van der Waals surface area contributed by atoms with E-state index >= 15 is 0 Å². The lowest BCUT2D eigenvalue weighted by Gasteiger charge is -2.37. The Hall–Kier alpha value is -1.41. The summed E-state index contributed by atoms with van der Waals surface area (Å²) >= 11 is 4.66. The minimum atomic E-state index is 0.603. The van der Waals surface area contributed by atoms with Crippen molar-refractivity contribution in [1.82, 2.24) is 0 Å². The van der Waals surface area contributed by atoms with Crippen molar-refractivity contribution in [2.45, 2.75) is 76.4 Å². The van der Waals surface area contributed by atoms with E-state index in [2.05, 4.69) is 69.5 Å². The number of rotatable bonds is 7. The van der Waals surface area contributed by atoms with Crippen LogP contribution in [0.2, 0.25) is 0 Å². The van der Waals surface area contributed by atoms with Crippen molar-refractivity contribution in [1.29, 1.82) is 0 Å². The number of hydrogen-bond acceptors (Lipinski definition) is 2. The van der Waals surface area contributed by atoms with Gasteiger partial charge >= 0.3 is 0 Å². The van der Waals surface area contributed by atoms with Gasteiger partial charge in [0.25, 0.3) is 0 Å². The van der Waals surface area contributed by atoms with Crippen LogP contribution in [0.25, 0.3) is 0 Å². The van der Waals surface area contributed by atoms with Crippen molar-refractivity contribution in [3.63, 3.8) is 0 Å². The van der Waals surface area contributed by atoms with E-state index in [9.17, 15) is 0 Å². The van der Waals surface area contributed by atoms with Crippen molar-refractivity contribution < 1.29 is 4.74 Å². The molecule has 0 heterocycles. The second kappa shape index (κ2) is 11.1. The van der Waals surface area contributed by atoms with Crippen LogP contribution in [0.1, 0.15) is 76.7 Å². The highest BCUT2D eigenvalue weighted by Gasteiger charge is 2.30. The van der Waals surface area contributed by atoms with Gasteiger partial charge in [-0.15, -0.1) is 0 Å². The zero-order chi connectivity index (χ0) is 20.6. The largest absolute Gasteiger partial charge is 0.490 e. The third-order valence-corrected chi connectivity index (χ3v) is 7.48. The molecule has 0 spiro atoms. The molecule has 158 valence electrons. The van der Waals surface area contributed by atoms with Gasteiger partial charge in [-0.1, -0.05) is 42.0 Å². The highest BCUT2D eigenvalue weighted by atomic mass is 32.1. The molecule has 29 heavy (non-hydrogen) atoms. The molecular formula is C27H38OS. The van der Waals surface area contributed by atoms with Crippen molar-refractivity contribution >= 4 is 12.6 Å². The number of ether oxygens (including phenoxy) is 1. The maximum absolute atomic E-state index is 5.90. The number of thiol groups is 1. The second-order valence-electron chi connectivity index (χ2n) is 9.10. The van der Waals surface area contributed by atoms with Gasteiger partial charge in [-0.3, -0.25) is 0 Å². The van der Waals surface area contributed by atoms with Crippen LogP contribution in [0.15, 0.2) is 60.2 Å². The molecule has 0 saturated heterocycles. The normalized spacial score (nSPS) is 28.8. The Morgan fingerprint density at radius 3 is 2.10 bits per heavy atom. The van der Waals surface area contributed by atoms with Gasteiger partial charge in [0, 0.05) is 5.25 Å². The summed E-state index contributed by atoms with van der Waals surface area (Å²) in [7, 11) is 0. The number of allylic oxidation sites excluding steroid dienone is 4.